The van der Waals surface area contributed by atoms with E-state index in [1.165, 1.54) is 19.2 Å². The standard InChI is InChI=1S/C20H21N3O5/c1-27-20(26)14-7-2-3-8-15(14)23-19(25)17-10-4-9-16(22-17)18(24)21-12-13-6-5-11-28-13/h2-4,7-10,13H,5-6,11-12H2,1H3,(H,21,24)(H,23,25). The number of ether oxygens (including phenoxy) is 2. The molecule has 8 heteroatoms. The van der Waals surface area contributed by atoms with Gasteiger partial charge in [-0.2, -0.15) is 0 Å². The highest BCUT2D eigenvalue weighted by molar-refractivity contribution is 6.07. The first-order chi connectivity index (χ1) is 13.6. The van der Waals surface area contributed by atoms with Crippen LogP contribution in [0.1, 0.15) is 44.2 Å². The van der Waals surface area contributed by atoms with Gasteiger partial charge in [0.2, 0.25) is 0 Å². The number of esters is 1. The lowest BCUT2D eigenvalue weighted by atomic mass is 10.1. The number of hydrogen-bond donors (Lipinski definition) is 2. The molecule has 1 aliphatic heterocycles. The van der Waals surface area contributed by atoms with E-state index in [-0.39, 0.29) is 29.0 Å². The zero-order chi connectivity index (χ0) is 19.9. The molecule has 2 aromatic rings. The largest absolute Gasteiger partial charge is 0.465 e. The molecule has 0 saturated carbocycles. The first kappa shape index (κ1) is 19.5. The molecule has 1 unspecified atom stereocenters. The smallest absolute Gasteiger partial charge is 0.339 e. The molecule has 1 aromatic heterocycles. The van der Waals surface area contributed by atoms with Gasteiger partial charge in [0.25, 0.3) is 11.8 Å². The van der Waals surface area contributed by atoms with Crippen molar-refractivity contribution in [3.05, 3.63) is 59.4 Å². The maximum atomic E-state index is 12.5. The van der Waals surface area contributed by atoms with Crippen molar-refractivity contribution in [2.45, 2.75) is 18.9 Å². The van der Waals surface area contributed by atoms with Crippen molar-refractivity contribution in [2.75, 3.05) is 25.6 Å². The van der Waals surface area contributed by atoms with Gasteiger partial charge < -0.3 is 20.1 Å². The third-order valence-electron chi connectivity index (χ3n) is 4.31. The van der Waals surface area contributed by atoms with E-state index in [9.17, 15) is 14.4 Å². The van der Waals surface area contributed by atoms with Gasteiger partial charge in [0.15, 0.2) is 0 Å². The monoisotopic (exact) mass is 383 g/mol. The number of benzene rings is 1. The van der Waals surface area contributed by atoms with Gasteiger partial charge in [-0.1, -0.05) is 18.2 Å². The number of anilines is 1. The molecule has 146 valence electrons. The van der Waals surface area contributed by atoms with Crippen molar-refractivity contribution in [1.29, 1.82) is 0 Å². The van der Waals surface area contributed by atoms with Crippen LogP contribution in [0.15, 0.2) is 42.5 Å². The zero-order valence-electron chi connectivity index (χ0n) is 15.4. The molecule has 1 saturated heterocycles. The van der Waals surface area contributed by atoms with Crippen LogP contribution in [0.25, 0.3) is 0 Å². The Bertz CT molecular complexity index is 878. The summed E-state index contributed by atoms with van der Waals surface area (Å²) >= 11 is 0. The summed E-state index contributed by atoms with van der Waals surface area (Å²) in [5.74, 6) is -1.48. The molecule has 0 spiro atoms. The van der Waals surface area contributed by atoms with Gasteiger partial charge in [-0.3, -0.25) is 9.59 Å². The fourth-order valence-electron chi connectivity index (χ4n) is 2.86. The van der Waals surface area contributed by atoms with Crippen molar-refractivity contribution < 1.29 is 23.9 Å². The number of pyridine rings is 1. The molecule has 0 bridgehead atoms. The van der Waals surface area contributed by atoms with E-state index in [4.69, 9.17) is 9.47 Å². The molecule has 2 amide bonds. The predicted molar refractivity (Wildman–Crippen MR) is 101 cm³/mol. The van der Waals surface area contributed by atoms with E-state index in [0.717, 1.165) is 12.8 Å². The normalized spacial score (nSPS) is 15.7. The summed E-state index contributed by atoms with van der Waals surface area (Å²) in [4.78, 5) is 40.8. The average molecular weight is 383 g/mol. The molecule has 8 nitrogen and oxygen atoms in total. The van der Waals surface area contributed by atoms with Gasteiger partial charge in [0, 0.05) is 13.2 Å². The summed E-state index contributed by atoms with van der Waals surface area (Å²) in [5.41, 5.74) is 0.717. The second-order valence-corrected chi connectivity index (χ2v) is 6.24. The fraction of sp³-hybridized carbons (Fsp3) is 0.300. The SMILES string of the molecule is COC(=O)c1ccccc1NC(=O)c1cccc(C(=O)NCC2CCCO2)n1. The second kappa shape index (κ2) is 9.09. The van der Waals surface area contributed by atoms with E-state index in [1.807, 2.05) is 0 Å². The summed E-state index contributed by atoms with van der Waals surface area (Å²) in [7, 11) is 1.27. The first-order valence-electron chi connectivity index (χ1n) is 8.94. The highest BCUT2D eigenvalue weighted by atomic mass is 16.5. The molecule has 1 atom stereocenters. The Kier molecular flexibility index (Phi) is 6.33. The van der Waals surface area contributed by atoms with Crippen molar-refractivity contribution in [2.24, 2.45) is 0 Å². The molecule has 1 aromatic carbocycles. The number of methoxy groups -OCH3 is 1. The highest BCUT2D eigenvalue weighted by Gasteiger charge is 2.19. The topological polar surface area (TPSA) is 107 Å². The number of carbonyl (C=O) groups excluding carboxylic acids is 3. The first-order valence-corrected chi connectivity index (χ1v) is 8.94. The highest BCUT2D eigenvalue weighted by Crippen LogP contribution is 2.17. The number of para-hydroxylation sites is 1. The molecule has 28 heavy (non-hydrogen) atoms. The second-order valence-electron chi connectivity index (χ2n) is 6.24. The Morgan fingerprint density at radius 3 is 2.57 bits per heavy atom. The van der Waals surface area contributed by atoms with Crippen LogP contribution in [0.4, 0.5) is 5.69 Å². The van der Waals surface area contributed by atoms with E-state index in [2.05, 4.69) is 15.6 Å². The minimum atomic E-state index is -0.564. The Balaban J connectivity index is 1.69. The molecule has 2 heterocycles. The van der Waals surface area contributed by atoms with Crippen LogP contribution in [0, 0.1) is 0 Å². The number of hydrogen-bond acceptors (Lipinski definition) is 6. The number of rotatable bonds is 6. The lowest BCUT2D eigenvalue weighted by molar-refractivity contribution is 0.0601. The van der Waals surface area contributed by atoms with Crippen LogP contribution in [-0.4, -0.2) is 49.1 Å². The lowest BCUT2D eigenvalue weighted by Crippen LogP contribution is -2.32. The van der Waals surface area contributed by atoms with Crippen LogP contribution >= 0.6 is 0 Å². The van der Waals surface area contributed by atoms with E-state index < -0.39 is 11.9 Å². The number of amides is 2. The minimum Gasteiger partial charge on any atom is -0.465 e. The molecule has 1 fully saturated rings. The fourth-order valence-corrected chi connectivity index (χ4v) is 2.86. The molecule has 2 N–H and O–H groups in total. The Morgan fingerprint density at radius 1 is 1.11 bits per heavy atom. The Labute approximate surface area is 162 Å². The van der Waals surface area contributed by atoms with Crippen LogP contribution in [0.2, 0.25) is 0 Å². The average Bonchev–Trinajstić information content (AvgIpc) is 3.25. The summed E-state index contributed by atoms with van der Waals surface area (Å²) in [6.45, 7) is 1.12. The summed E-state index contributed by atoms with van der Waals surface area (Å²) < 4.78 is 10.2. The lowest BCUT2D eigenvalue weighted by Gasteiger charge is -2.11. The number of aromatic nitrogens is 1. The van der Waals surface area contributed by atoms with Crippen LogP contribution < -0.4 is 10.6 Å². The molecule has 3 rings (SSSR count). The number of nitrogens with zero attached hydrogens (tertiary/aromatic N) is 1. The minimum absolute atomic E-state index is 0.0188. The predicted octanol–water partition coefficient (Wildman–Crippen LogP) is 2.03. The van der Waals surface area contributed by atoms with Crippen molar-refractivity contribution >= 4 is 23.5 Å². The maximum Gasteiger partial charge on any atom is 0.339 e. The molecule has 1 aliphatic rings. The Morgan fingerprint density at radius 2 is 1.86 bits per heavy atom. The van der Waals surface area contributed by atoms with E-state index in [0.29, 0.717) is 18.8 Å². The van der Waals surface area contributed by atoms with Crippen LogP contribution in [0.5, 0.6) is 0 Å². The number of carbonyl (C=O) groups is 3. The Hall–Kier alpha value is -3.26. The molecule has 0 radical (unpaired) electrons. The van der Waals surface area contributed by atoms with Gasteiger partial charge in [-0.25, -0.2) is 9.78 Å². The number of nitrogens with one attached hydrogen (secondary N) is 2. The van der Waals surface area contributed by atoms with Gasteiger partial charge in [-0.15, -0.1) is 0 Å². The molecular formula is C20H21N3O5. The third kappa shape index (κ3) is 4.72. The van der Waals surface area contributed by atoms with Gasteiger partial charge >= 0.3 is 5.97 Å². The van der Waals surface area contributed by atoms with Gasteiger partial charge in [0.05, 0.1) is 24.5 Å². The maximum absolute atomic E-state index is 12.5. The zero-order valence-corrected chi connectivity index (χ0v) is 15.4. The van der Waals surface area contributed by atoms with Crippen molar-refractivity contribution in [3.8, 4) is 0 Å². The molecular weight excluding hydrogens is 362 g/mol. The van der Waals surface area contributed by atoms with E-state index in [1.54, 1.807) is 30.3 Å². The van der Waals surface area contributed by atoms with Crippen molar-refractivity contribution in [1.82, 2.24) is 10.3 Å². The summed E-state index contributed by atoms with van der Waals surface area (Å²) in [6, 6.07) is 11.1. The summed E-state index contributed by atoms with van der Waals surface area (Å²) in [6.07, 6.45) is 1.92. The third-order valence-corrected chi connectivity index (χ3v) is 4.31. The van der Waals surface area contributed by atoms with E-state index >= 15 is 0 Å². The quantitative estimate of drug-likeness (QED) is 0.739. The van der Waals surface area contributed by atoms with Crippen LogP contribution in [-0.2, 0) is 9.47 Å². The summed E-state index contributed by atoms with van der Waals surface area (Å²) in [5, 5.41) is 5.40. The van der Waals surface area contributed by atoms with Gasteiger partial charge in [0.1, 0.15) is 11.4 Å². The van der Waals surface area contributed by atoms with Crippen LogP contribution in [0.3, 0.4) is 0 Å². The van der Waals surface area contributed by atoms with Gasteiger partial charge in [-0.05, 0) is 37.1 Å². The van der Waals surface area contributed by atoms with Crippen molar-refractivity contribution in [3.63, 3.8) is 0 Å². The molecule has 0 aliphatic carbocycles.